The lowest BCUT2D eigenvalue weighted by Gasteiger charge is -2.10. The Morgan fingerprint density at radius 2 is 2.12 bits per heavy atom. The predicted octanol–water partition coefficient (Wildman–Crippen LogP) is 3.67. The molecule has 1 aliphatic rings. The highest BCUT2D eigenvalue weighted by Gasteiger charge is 2.55. The van der Waals surface area contributed by atoms with E-state index in [1.54, 1.807) is 7.11 Å². The number of rotatable bonds is 5. The van der Waals surface area contributed by atoms with E-state index in [1.807, 2.05) is 24.3 Å². The molecule has 1 aromatic rings. The van der Waals surface area contributed by atoms with Crippen molar-refractivity contribution in [2.75, 3.05) is 7.11 Å². The van der Waals surface area contributed by atoms with Crippen LogP contribution in [-0.4, -0.2) is 7.11 Å². The molecule has 1 fully saturated rings. The van der Waals surface area contributed by atoms with Crippen LogP contribution in [0.15, 0.2) is 24.3 Å². The van der Waals surface area contributed by atoms with E-state index >= 15 is 0 Å². The molecule has 2 atom stereocenters. The van der Waals surface area contributed by atoms with Crippen LogP contribution in [0.2, 0.25) is 0 Å². The molecule has 90 valence electrons. The summed E-state index contributed by atoms with van der Waals surface area (Å²) in [5.74, 6) is 1.41. The van der Waals surface area contributed by atoms with Crippen LogP contribution in [0.25, 0.3) is 0 Å². The van der Waals surface area contributed by atoms with Gasteiger partial charge in [-0.25, -0.2) is 0 Å². The van der Waals surface area contributed by atoms with Crippen LogP contribution in [0.5, 0.6) is 5.75 Å². The summed E-state index contributed by atoms with van der Waals surface area (Å²) in [5.41, 5.74) is 0.948. The molecule has 0 radical (unpaired) electrons. The molecule has 1 saturated carbocycles. The number of unbranched alkanes of at least 4 members (excludes halogenated alkanes) is 1. The van der Waals surface area contributed by atoms with Gasteiger partial charge in [0, 0.05) is 0 Å². The minimum absolute atomic E-state index is 0.207. The highest BCUT2D eigenvalue weighted by atomic mass is 16.5. The highest BCUT2D eigenvalue weighted by Crippen LogP contribution is 2.56. The number of nitriles is 1. The Kier molecular flexibility index (Phi) is 3.38. The van der Waals surface area contributed by atoms with Crippen molar-refractivity contribution >= 4 is 0 Å². The molecule has 2 heteroatoms. The van der Waals surface area contributed by atoms with E-state index in [-0.39, 0.29) is 5.41 Å². The van der Waals surface area contributed by atoms with Gasteiger partial charge in [-0.15, -0.1) is 0 Å². The molecule has 2 nitrogen and oxygen atoms in total. The molecule has 0 heterocycles. The van der Waals surface area contributed by atoms with Crippen molar-refractivity contribution in [2.24, 2.45) is 5.92 Å². The van der Waals surface area contributed by atoms with Crippen LogP contribution >= 0.6 is 0 Å². The minimum Gasteiger partial charge on any atom is -0.497 e. The molecule has 17 heavy (non-hydrogen) atoms. The zero-order valence-corrected chi connectivity index (χ0v) is 10.6. The van der Waals surface area contributed by atoms with Crippen molar-refractivity contribution in [1.82, 2.24) is 0 Å². The van der Waals surface area contributed by atoms with Crippen molar-refractivity contribution in [2.45, 2.75) is 38.0 Å². The van der Waals surface area contributed by atoms with Crippen LogP contribution in [0, 0.1) is 17.2 Å². The molecule has 1 aliphatic carbocycles. The Labute approximate surface area is 103 Å². The van der Waals surface area contributed by atoms with Crippen molar-refractivity contribution in [3.63, 3.8) is 0 Å². The molecule has 0 aromatic heterocycles. The summed E-state index contributed by atoms with van der Waals surface area (Å²) in [6, 6.07) is 10.5. The van der Waals surface area contributed by atoms with Crippen molar-refractivity contribution < 1.29 is 4.74 Å². The molecule has 0 amide bonds. The topological polar surface area (TPSA) is 33.0 Å². The van der Waals surface area contributed by atoms with E-state index in [9.17, 15) is 5.26 Å². The Morgan fingerprint density at radius 3 is 2.65 bits per heavy atom. The lowest BCUT2D eigenvalue weighted by molar-refractivity contribution is 0.414. The van der Waals surface area contributed by atoms with Gasteiger partial charge in [-0.05, 0) is 36.5 Å². The van der Waals surface area contributed by atoms with Crippen LogP contribution < -0.4 is 4.74 Å². The SMILES string of the molecule is CCCC[C@H]1C[C@]1(C#N)c1ccc(OC)cc1. The van der Waals surface area contributed by atoms with Gasteiger partial charge < -0.3 is 4.74 Å². The smallest absolute Gasteiger partial charge is 0.118 e. The molecular formula is C15H19NO. The van der Waals surface area contributed by atoms with Gasteiger partial charge >= 0.3 is 0 Å². The van der Waals surface area contributed by atoms with Crippen LogP contribution in [-0.2, 0) is 5.41 Å². The summed E-state index contributed by atoms with van der Waals surface area (Å²) in [5, 5.41) is 9.42. The van der Waals surface area contributed by atoms with E-state index in [1.165, 1.54) is 19.3 Å². The third-order valence-corrected chi connectivity index (χ3v) is 3.82. The summed E-state index contributed by atoms with van der Waals surface area (Å²) in [6.07, 6.45) is 4.64. The maximum atomic E-state index is 9.42. The van der Waals surface area contributed by atoms with Crippen molar-refractivity contribution in [1.29, 1.82) is 5.26 Å². The van der Waals surface area contributed by atoms with Crippen molar-refractivity contribution in [3.8, 4) is 11.8 Å². The third-order valence-electron chi connectivity index (χ3n) is 3.82. The normalized spacial score (nSPS) is 26.3. The molecule has 1 aromatic carbocycles. The second-order valence-corrected chi connectivity index (χ2v) is 4.85. The fourth-order valence-electron chi connectivity index (χ4n) is 2.57. The van der Waals surface area contributed by atoms with Gasteiger partial charge in [0.2, 0.25) is 0 Å². The number of ether oxygens (including phenoxy) is 1. The van der Waals surface area contributed by atoms with Crippen LogP contribution in [0.3, 0.4) is 0 Å². The number of hydrogen-bond acceptors (Lipinski definition) is 2. The lowest BCUT2D eigenvalue weighted by atomic mass is 9.93. The number of methoxy groups -OCH3 is 1. The zero-order valence-electron chi connectivity index (χ0n) is 10.6. The summed E-state index contributed by atoms with van der Waals surface area (Å²) >= 11 is 0. The first-order chi connectivity index (χ1) is 8.26. The second-order valence-electron chi connectivity index (χ2n) is 4.85. The maximum absolute atomic E-state index is 9.42. The quantitative estimate of drug-likeness (QED) is 0.771. The van der Waals surface area contributed by atoms with Gasteiger partial charge in [0.1, 0.15) is 5.75 Å². The molecule has 0 aliphatic heterocycles. The van der Waals surface area contributed by atoms with Gasteiger partial charge in [-0.1, -0.05) is 31.9 Å². The molecule has 0 unspecified atom stereocenters. The van der Waals surface area contributed by atoms with E-state index in [0.29, 0.717) is 5.92 Å². The highest BCUT2D eigenvalue weighted by molar-refractivity contribution is 5.43. The van der Waals surface area contributed by atoms with Gasteiger partial charge in [0.25, 0.3) is 0 Å². The van der Waals surface area contributed by atoms with Crippen LogP contribution in [0.1, 0.15) is 38.2 Å². The monoisotopic (exact) mass is 229 g/mol. The first-order valence-corrected chi connectivity index (χ1v) is 6.32. The average Bonchev–Trinajstić information content (AvgIpc) is 3.11. The second kappa shape index (κ2) is 4.79. The minimum atomic E-state index is -0.207. The number of nitrogens with zero attached hydrogens (tertiary/aromatic N) is 1. The predicted molar refractivity (Wildman–Crippen MR) is 67.9 cm³/mol. The third kappa shape index (κ3) is 2.15. The number of hydrogen-bond donors (Lipinski definition) is 0. The first-order valence-electron chi connectivity index (χ1n) is 6.32. The summed E-state index contributed by atoms with van der Waals surface area (Å²) in [7, 11) is 1.66. The van der Waals surface area contributed by atoms with E-state index in [2.05, 4.69) is 13.0 Å². The molecule has 0 N–H and O–H groups in total. The lowest BCUT2D eigenvalue weighted by Crippen LogP contribution is -2.07. The Morgan fingerprint density at radius 1 is 1.41 bits per heavy atom. The van der Waals surface area contributed by atoms with Crippen LogP contribution in [0.4, 0.5) is 0 Å². The fourth-order valence-corrected chi connectivity index (χ4v) is 2.57. The average molecular weight is 229 g/mol. The van der Waals surface area contributed by atoms with E-state index < -0.39 is 0 Å². The molecule has 0 saturated heterocycles. The fraction of sp³-hybridized carbons (Fsp3) is 0.533. The maximum Gasteiger partial charge on any atom is 0.118 e. The molecule has 0 spiro atoms. The zero-order chi connectivity index (χ0) is 12.3. The standard InChI is InChI=1S/C15H19NO/c1-3-4-5-13-10-15(13,11-16)12-6-8-14(17-2)9-7-12/h6-9,13H,3-5,10H2,1-2H3/t13-,15-/m0/s1. The van der Waals surface area contributed by atoms with Gasteiger partial charge in [-0.2, -0.15) is 5.26 Å². The number of benzene rings is 1. The van der Waals surface area contributed by atoms with Gasteiger partial charge in [-0.3, -0.25) is 0 Å². The molecular weight excluding hydrogens is 210 g/mol. The summed E-state index contributed by atoms with van der Waals surface area (Å²) in [4.78, 5) is 0. The first kappa shape index (κ1) is 12.0. The Balaban J connectivity index is 2.12. The van der Waals surface area contributed by atoms with Gasteiger partial charge in [0.05, 0.1) is 18.6 Å². The van der Waals surface area contributed by atoms with E-state index in [4.69, 9.17) is 4.74 Å². The largest absolute Gasteiger partial charge is 0.497 e. The van der Waals surface area contributed by atoms with E-state index in [0.717, 1.165) is 17.7 Å². The summed E-state index contributed by atoms with van der Waals surface area (Å²) < 4.78 is 5.14. The van der Waals surface area contributed by atoms with Crippen molar-refractivity contribution in [3.05, 3.63) is 29.8 Å². The van der Waals surface area contributed by atoms with Gasteiger partial charge in [0.15, 0.2) is 0 Å². The Bertz CT molecular complexity index is 418. The molecule has 0 bridgehead atoms. The summed E-state index contributed by atoms with van der Waals surface area (Å²) in [6.45, 7) is 2.20. The Hall–Kier alpha value is -1.49. The molecule has 2 rings (SSSR count).